The average Bonchev–Trinajstić information content (AvgIpc) is 1.53. The number of nitrogens with zero attached hydrogens (tertiary/aromatic N) is 16. The van der Waals surface area contributed by atoms with E-state index in [2.05, 4.69) is 329 Å². The molecule has 0 radical (unpaired) electrons. The van der Waals surface area contributed by atoms with Crippen LogP contribution in [0.2, 0.25) is 0 Å². The number of anilines is 12. The summed E-state index contributed by atoms with van der Waals surface area (Å²) in [7, 11) is 0. The molecule has 0 saturated heterocycles. The van der Waals surface area contributed by atoms with E-state index in [1.165, 1.54) is 0 Å². The zero-order valence-electron chi connectivity index (χ0n) is 68.6. The maximum atomic E-state index is 10.7. The quantitative estimate of drug-likeness (QED) is 0.0415. The molecule has 2 aromatic heterocycles. The van der Waals surface area contributed by atoms with Gasteiger partial charge in [-0.2, -0.15) is 37.0 Å². The number of para-hydroxylation sites is 6. The van der Waals surface area contributed by atoms with E-state index in [-0.39, 0.29) is 11.4 Å². The van der Waals surface area contributed by atoms with E-state index >= 15 is 0 Å². The number of benzene rings is 14. The van der Waals surface area contributed by atoms with Crippen LogP contribution >= 0.6 is 0 Å². The first-order valence-corrected chi connectivity index (χ1v) is 41.1. The number of rotatable bonds is 20. The van der Waals surface area contributed by atoms with Crippen LogP contribution in [0.15, 0.2) is 385 Å². The van der Waals surface area contributed by atoms with Crippen molar-refractivity contribution in [3.63, 3.8) is 0 Å². The van der Waals surface area contributed by atoms with Gasteiger partial charge in [-0.25, -0.2) is 0 Å². The maximum absolute atomic E-state index is 10.7. The minimum absolute atomic E-state index is 0.0537. The standard InChI is InChI=1S/C60H42N8.C48H38N8/c1-5-65-57(44-33-37-49(38-34-44)68(47-25-11-8-12-26-47)53-30-18-22-42-20-14-16-28-51(42)53)55-54(58(65)45(39-61)40-62)56(66(6-2)59(55)60(63-3)64-4)43-31-35-48(36-32-43)67(46-23-9-7-10-24-46)52-29-17-21-41-19-13-15-27-50(41)52;1-4-53-46(36-28-32-42(33-29-36)56(39-22-14-8-15-23-39)40-24-16-9-17-25-40)44-43(47(53)51-34-49)45(54(5-2)48(44)52-50-3)35-26-30-41(31-27-35)55(37-18-10-6-11-19-37)38-20-12-7-13-21-38/h7-38H,5-6H2,1-2H3;6-33H,4-5H2,1-2H3. The molecule has 592 valence electrons. The molecule has 0 amide bonds. The summed E-state index contributed by atoms with van der Waals surface area (Å²) in [5, 5.41) is 42.5. The molecule has 16 nitrogen and oxygen atoms in total. The molecule has 2 aliphatic rings. The Labute approximate surface area is 721 Å². The zero-order chi connectivity index (χ0) is 85.2. The van der Waals surface area contributed by atoms with Gasteiger partial charge in [0.1, 0.15) is 35.7 Å². The lowest BCUT2D eigenvalue weighted by atomic mass is 10.0. The molecular weight excluding hydrogens is 1520 g/mol. The fourth-order valence-electron chi connectivity index (χ4n) is 17.5. The van der Waals surface area contributed by atoms with Crippen LogP contribution in [0.1, 0.15) is 38.8 Å². The third-order valence-electron chi connectivity index (χ3n) is 22.6. The van der Waals surface area contributed by atoms with Crippen LogP contribution in [0.4, 0.5) is 68.2 Å². The van der Waals surface area contributed by atoms with Crippen molar-refractivity contribution in [2.24, 2.45) is 10.1 Å². The molecule has 124 heavy (non-hydrogen) atoms. The number of aliphatic imine (C=N–C) groups is 1. The van der Waals surface area contributed by atoms with Crippen LogP contribution in [0, 0.1) is 53.8 Å². The molecule has 14 aromatic carbocycles. The summed E-state index contributed by atoms with van der Waals surface area (Å²) in [6.07, 6.45) is 2.08. The van der Waals surface area contributed by atoms with Crippen molar-refractivity contribution in [2.75, 3.05) is 32.7 Å². The Morgan fingerprint density at radius 1 is 0.323 bits per heavy atom. The van der Waals surface area contributed by atoms with E-state index in [1.54, 1.807) is 0 Å². The van der Waals surface area contributed by atoms with E-state index in [0.717, 1.165) is 146 Å². The molecular formula is C108H80N16. The second kappa shape index (κ2) is 35.5. The molecule has 0 bridgehead atoms. The monoisotopic (exact) mass is 1600 g/mol. The second-order valence-electron chi connectivity index (χ2n) is 29.3. The lowest BCUT2D eigenvalue weighted by Gasteiger charge is -2.28. The fraction of sp³-hybridized carbons (Fsp3) is 0.0741. The molecule has 0 spiro atoms. The summed E-state index contributed by atoms with van der Waals surface area (Å²) >= 11 is 0. The summed E-state index contributed by atoms with van der Waals surface area (Å²) in [6, 6.07) is 129. The number of likely N-dealkylation sites (N-methyl/N-ethyl adjacent to an activating group) is 2. The molecule has 0 fully saturated rings. The summed E-state index contributed by atoms with van der Waals surface area (Å²) in [6.45, 7) is 34.6. The highest BCUT2D eigenvalue weighted by Gasteiger charge is 2.47. The van der Waals surface area contributed by atoms with Gasteiger partial charge in [-0.05, 0) is 194 Å². The number of aromatic nitrogens is 2. The zero-order valence-corrected chi connectivity index (χ0v) is 68.6. The van der Waals surface area contributed by atoms with Gasteiger partial charge in [0.15, 0.2) is 11.4 Å². The number of nitriles is 3. The largest absolute Gasteiger partial charge is 0.543 e. The molecule has 0 saturated carbocycles. The summed E-state index contributed by atoms with van der Waals surface area (Å²) in [4.78, 5) is 28.7. The predicted octanol–water partition coefficient (Wildman–Crippen LogP) is 25.7. The third kappa shape index (κ3) is 14.5. The predicted molar refractivity (Wildman–Crippen MR) is 505 cm³/mol. The van der Waals surface area contributed by atoms with Gasteiger partial charge in [0, 0.05) is 105 Å². The van der Waals surface area contributed by atoms with E-state index in [4.69, 9.17) is 19.7 Å². The Morgan fingerprint density at radius 3 is 0.960 bits per heavy atom. The summed E-state index contributed by atoms with van der Waals surface area (Å²) in [5.74, 6) is 0.995. The van der Waals surface area contributed by atoms with Crippen molar-refractivity contribution in [1.82, 2.24) is 18.9 Å². The second-order valence-corrected chi connectivity index (χ2v) is 29.3. The van der Waals surface area contributed by atoms with Gasteiger partial charge in [-0.15, -0.1) is 4.95 Å². The fourth-order valence-corrected chi connectivity index (χ4v) is 17.5. The van der Waals surface area contributed by atoms with Crippen LogP contribution in [0.3, 0.4) is 0 Å². The molecule has 2 aliphatic heterocycles. The van der Waals surface area contributed by atoms with E-state index in [9.17, 15) is 15.8 Å². The first kappa shape index (κ1) is 79.2. The maximum Gasteiger partial charge on any atom is 0.543 e. The Balaban J connectivity index is 0.000000179. The normalized spacial score (nSPS) is 12.7. The van der Waals surface area contributed by atoms with Gasteiger partial charge >= 0.3 is 5.82 Å². The molecule has 0 atom stereocenters. The van der Waals surface area contributed by atoms with Crippen LogP contribution in [-0.4, -0.2) is 43.7 Å². The van der Waals surface area contributed by atoms with Gasteiger partial charge in [-0.3, -0.25) is 0 Å². The van der Waals surface area contributed by atoms with Gasteiger partial charge in [0.25, 0.3) is 0 Å². The lowest BCUT2D eigenvalue weighted by molar-refractivity contribution is 0.609. The number of fused-ring (bicyclic) bond motifs is 4. The van der Waals surface area contributed by atoms with Crippen molar-refractivity contribution in [1.29, 1.82) is 15.8 Å². The highest BCUT2D eigenvalue weighted by molar-refractivity contribution is 6.33. The van der Waals surface area contributed by atoms with Gasteiger partial charge in [0.2, 0.25) is 12.0 Å². The van der Waals surface area contributed by atoms with Gasteiger partial charge < -0.3 is 38.5 Å². The Bertz CT molecular complexity index is 6700. The highest BCUT2D eigenvalue weighted by Crippen LogP contribution is 2.50. The van der Waals surface area contributed by atoms with E-state index in [1.807, 2.05) is 144 Å². The first-order valence-electron chi connectivity index (χ1n) is 41.1. The van der Waals surface area contributed by atoms with Gasteiger partial charge in [0.05, 0.1) is 50.7 Å². The van der Waals surface area contributed by atoms with Crippen LogP contribution in [0.25, 0.3) is 92.3 Å². The Morgan fingerprint density at radius 2 is 0.621 bits per heavy atom. The SMILES string of the molecule is [C-]#[N+]C([N+]#[C-])=c1c2c(-c3ccc(N(c4ccccc4)c4cccc5ccccc45)cc3)n(CC)c(=C(C#N)C#N)c2c(-c2ccc(N(c3ccccc3)c3cccc4ccccc34)cc2)n1CC.[C-]#[N+]N=C1C2=C(c3ccc(N(c4ccccc4)c4ccccc4)cc3)N(CC)C(=NC#N)C2=C(c2ccc(N(c3ccccc3)c3ccccc3)cc2)N1CC. The van der Waals surface area contributed by atoms with Crippen molar-refractivity contribution < 1.29 is 0 Å². The molecule has 0 unspecified atom stereocenters. The van der Waals surface area contributed by atoms with Crippen molar-refractivity contribution in [3.05, 3.63) is 431 Å². The molecule has 16 aromatic rings. The van der Waals surface area contributed by atoms with E-state index in [0.29, 0.717) is 59.3 Å². The molecule has 18 rings (SSSR count). The molecule has 0 N–H and O–H groups in total. The van der Waals surface area contributed by atoms with Crippen LogP contribution in [-0.2, 0) is 13.1 Å². The molecule has 16 heteroatoms. The van der Waals surface area contributed by atoms with Crippen molar-refractivity contribution in [2.45, 2.75) is 40.8 Å². The minimum Gasteiger partial charge on any atom is -0.343 e. The smallest absolute Gasteiger partial charge is 0.343 e. The van der Waals surface area contributed by atoms with E-state index < -0.39 is 0 Å². The Hall–Kier alpha value is -17.3. The van der Waals surface area contributed by atoms with Crippen LogP contribution < -0.4 is 30.3 Å². The number of hydrogen-bond acceptors (Lipinski definition) is 9. The van der Waals surface area contributed by atoms with Gasteiger partial charge in [-0.1, -0.05) is 231 Å². The summed E-state index contributed by atoms with van der Waals surface area (Å²) in [5.41, 5.74) is 20.3. The average molecular weight is 1600 g/mol. The number of amidine groups is 2. The van der Waals surface area contributed by atoms with Crippen LogP contribution in [0.5, 0.6) is 0 Å². The first-order chi connectivity index (χ1) is 61.2. The van der Waals surface area contributed by atoms with Crippen molar-refractivity contribution >= 4 is 135 Å². The number of hydrogen-bond donors (Lipinski definition) is 0. The highest BCUT2D eigenvalue weighted by atomic mass is 15.3. The minimum atomic E-state index is -0.0923. The third-order valence-corrected chi connectivity index (χ3v) is 22.6. The Kier molecular flexibility index (Phi) is 22.7. The molecule has 0 aliphatic carbocycles. The summed E-state index contributed by atoms with van der Waals surface area (Å²) < 4.78 is 4.02. The lowest BCUT2D eigenvalue weighted by Crippen LogP contribution is -2.30. The topological polar surface area (TPSA) is 138 Å². The molecule has 4 heterocycles. The van der Waals surface area contributed by atoms with Crippen molar-refractivity contribution in [3.8, 4) is 40.8 Å².